The summed E-state index contributed by atoms with van der Waals surface area (Å²) >= 11 is 6.05. The number of nitriles is 1. The number of hydrogen-bond donors (Lipinski definition) is 0. The molecular weight excluding hydrogens is 362 g/mol. The lowest BCUT2D eigenvalue weighted by Gasteiger charge is -2.10. The first-order chi connectivity index (χ1) is 13.1. The molecule has 5 nitrogen and oxygen atoms in total. The number of unbranched alkanes of at least 4 members (excludes halogenated alkanes) is 1. The predicted octanol–water partition coefficient (Wildman–Crippen LogP) is 5.03. The number of aryl methyl sites for hydroxylation is 1. The van der Waals surface area contributed by atoms with Crippen LogP contribution in [0.4, 0.5) is 0 Å². The number of halogens is 1. The predicted molar refractivity (Wildman–Crippen MR) is 105 cm³/mol. The number of benzene rings is 1. The SMILES string of the molecule is CCCCn1ccc(-c2ccc(Oc3ccncc3Cl)cc2)c(C#N)c1=O. The average molecular weight is 380 g/mol. The van der Waals surface area contributed by atoms with E-state index in [0.717, 1.165) is 18.4 Å². The number of rotatable bonds is 6. The molecule has 0 spiro atoms. The van der Waals surface area contributed by atoms with Gasteiger partial charge in [-0.2, -0.15) is 5.26 Å². The van der Waals surface area contributed by atoms with E-state index in [1.165, 1.54) is 6.20 Å². The molecule has 0 aliphatic carbocycles. The normalized spacial score (nSPS) is 10.4. The fourth-order valence-electron chi connectivity index (χ4n) is 2.70. The van der Waals surface area contributed by atoms with Crippen LogP contribution in [-0.2, 0) is 6.54 Å². The fourth-order valence-corrected chi connectivity index (χ4v) is 2.86. The summed E-state index contributed by atoms with van der Waals surface area (Å²) in [6.45, 7) is 2.68. The van der Waals surface area contributed by atoms with Crippen LogP contribution in [0.2, 0.25) is 5.02 Å². The van der Waals surface area contributed by atoms with Gasteiger partial charge in [0, 0.05) is 36.8 Å². The molecule has 0 N–H and O–H groups in total. The van der Waals surface area contributed by atoms with E-state index in [9.17, 15) is 10.1 Å². The summed E-state index contributed by atoms with van der Waals surface area (Å²) in [6.07, 6.45) is 6.74. The smallest absolute Gasteiger partial charge is 0.269 e. The van der Waals surface area contributed by atoms with E-state index in [0.29, 0.717) is 28.6 Å². The molecule has 0 bridgehead atoms. The minimum absolute atomic E-state index is 0.152. The number of hydrogen-bond acceptors (Lipinski definition) is 4. The van der Waals surface area contributed by atoms with Crippen molar-refractivity contribution in [1.82, 2.24) is 9.55 Å². The summed E-state index contributed by atoms with van der Waals surface area (Å²) in [5.41, 5.74) is 1.29. The largest absolute Gasteiger partial charge is 0.456 e. The van der Waals surface area contributed by atoms with Gasteiger partial charge in [-0.3, -0.25) is 9.78 Å². The topological polar surface area (TPSA) is 67.9 Å². The summed E-state index contributed by atoms with van der Waals surface area (Å²) < 4.78 is 7.33. The van der Waals surface area contributed by atoms with Crippen LogP contribution >= 0.6 is 11.6 Å². The monoisotopic (exact) mass is 379 g/mol. The molecule has 0 aliphatic heterocycles. The van der Waals surface area contributed by atoms with E-state index < -0.39 is 0 Å². The Bertz CT molecular complexity index is 1040. The molecular formula is C21H18ClN3O2. The zero-order valence-corrected chi connectivity index (χ0v) is 15.6. The molecule has 0 atom stereocenters. The van der Waals surface area contributed by atoms with Gasteiger partial charge in [-0.15, -0.1) is 0 Å². The Kier molecular flexibility index (Phi) is 5.90. The second-order valence-corrected chi connectivity index (χ2v) is 6.41. The number of pyridine rings is 2. The zero-order chi connectivity index (χ0) is 19.2. The molecule has 0 unspecified atom stereocenters. The molecule has 0 amide bonds. The molecule has 2 heterocycles. The van der Waals surface area contributed by atoms with E-state index in [1.807, 2.05) is 18.2 Å². The van der Waals surface area contributed by atoms with Crippen molar-refractivity contribution in [3.63, 3.8) is 0 Å². The highest BCUT2D eigenvalue weighted by atomic mass is 35.5. The third kappa shape index (κ3) is 4.18. The Morgan fingerprint density at radius 1 is 1.22 bits per heavy atom. The van der Waals surface area contributed by atoms with Gasteiger partial charge < -0.3 is 9.30 Å². The highest BCUT2D eigenvalue weighted by molar-refractivity contribution is 6.31. The van der Waals surface area contributed by atoms with Crippen LogP contribution in [0, 0.1) is 11.3 Å². The first-order valence-electron chi connectivity index (χ1n) is 8.65. The third-order valence-corrected chi connectivity index (χ3v) is 4.44. The maximum absolute atomic E-state index is 12.5. The zero-order valence-electron chi connectivity index (χ0n) is 14.9. The van der Waals surface area contributed by atoms with Crippen molar-refractivity contribution >= 4 is 11.6 Å². The van der Waals surface area contributed by atoms with Crippen LogP contribution in [0.5, 0.6) is 11.5 Å². The molecule has 136 valence electrons. The van der Waals surface area contributed by atoms with E-state index in [4.69, 9.17) is 16.3 Å². The van der Waals surface area contributed by atoms with Crippen LogP contribution in [0.3, 0.4) is 0 Å². The molecule has 0 fully saturated rings. The second kappa shape index (κ2) is 8.52. The minimum Gasteiger partial charge on any atom is -0.456 e. The number of nitrogens with zero attached hydrogens (tertiary/aromatic N) is 3. The van der Waals surface area contributed by atoms with Gasteiger partial charge in [-0.25, -0.2) is 0 Å². The van der Waals surface area contributed by atoms with Gasteiger partial charge in [0.1, 0.15) is 28.2 Å². The Hall–Kier alpha value is -3.10. The maximum Gasteiger partial charge on any atom is 0.269 e. The Balaban J connectivity index is 1.89. The summed E-state index contributed by atoms with van der Waals surface area (Å²) in [4.78, 5) is 16.5. The minimum atomic E-state index is -0.257. The molecule has 3 aromatic rings. The molecule has 27 heavy (non-hydrogen) atoms. The Labute approximate surface area is 162 Å². The van der Waals surface area contributed by atoms with E-state index >= 15 is 0 Å². The van der Waals surface area contributed by atoms with Gasteiger partial charge >= 0.3 is 0 Å². The van der Waals surface area contributed by atoms with E-state index in [-0.39, 0.29) is 11.1 Å². The van der Waals surface area contributed by atoms with Crippen LogP contribution in [0.25, 0.3) is 11.1 Å². The van der Waals surface area contributed by atoms with Gasteiger partial charge in [-0.1, -0.05) is 37.1 Å². The van der Waals surface area contributed by atoms with Crippen LogP contribution in [0.1, 0.15) is 25.3 Å². The average Bonchev–Trinajstić information content (AvgIpc) is 2.69. The van der Waals surface area contributed by atoms with Crippen LogP contribution in [-0.4, -0.2) is 9.55 Å². The lowest BCUT2D eigenvalue weighted by molar-refractivity contribution is 0.482. The van der Waals surface area contributed by atoms with Crippen LogP contribution in [0.15, 0.2) is 59.8 Å². The summed E-state index contributed by atoms with van der Waals surface area (Å²) in [6, 6.07) is 12.7. The quantitative estimate of drug-likeness (QED) is 0.602. The Morgan fingerprint density at radius 3 is 2.67 bits per heavy atom. The lowest BCUT2D eigenvalue weighted by atomic mass is 10.0. The van der Waals surface area contributed by atoms with Crippen molar-refractivity contribution in [2.45, 2.75) is 26.3 Å². The molecule has 0 saturated heterocycles. The van der Waals surface area contributed by atoms with Crippen molar-refractivity contribution in [2.24, 2.45) is 0 Å². The molecule has 2 aromatic heterocycles. The van der Waals surface area contributed by atoms with Gasteiger partial charge in [0.05, 0.1) is 0 Å². The summed E-state index contributed by atoms with van der Waals surface area (Å²) in [7, 11) is 0. The van der Waals surface area contributed by atoms with Gasteiger partial charge in [0.25, 0.3) is 5.56 Å². The first kappa shape index (κ1) is 18.7. The number of aromatic nitrogens is 2. The third-order valence-electron chi connectivity index (χ3n) is 4.16. The first-order valence-corrected chi connectivity index (χ1v) is 9.03. The number of ether oxygens (including phenoxy) is 1. The highest BCUT2D eigenvalue weighted by Crippen LogP contribution is 2.30. The molecule has 1 aromatic carbocycles. The van der Waals surface area contributed by atoms with Crippen molar-refractivity contribution in [1.29, 1.82) is 5.26 Å². The summed E-state index contributed by atoms with van der Waals surface area (Å²) in [5, 5.41) is 9.90. The Morgan fingerprint density at radius 2 is 2.00 bits per heavy atom. The van der Waals surface area contributed by atoms with Crippen molar-refractivity contribution in [2.75, 3.05) is 0 Å². The molecule has 0 aliphatic rings. The lowest BCUT2D eigenvalue weighted by Crippen LogP contribution is -2.22. The van der Waals surface area contributed by atoms with E-state index in [1.54, 1.807) is 35.2 Å². The highest BCUT2D eigenvalue weighted by Gasteiger charge is 2.12. The van der Waals surface area contributed by atoms with Crippen molar-refractivity contribution in [3.05, 3.63) is 75.9 Å². The molecule has 6 heteroatoms. The summed E-state index contributed by atoms with van der Waals surface area (Å²) in [5.74, 6) is 1.11. The molecule has 3 rings (SSSR count). The van der Waals surface area contributed by atoms with Crippen LogP contribution < -0.4 is 10.3 Å². The van der Waals surface area contributed by atoms with E-state index in [2.05, 4.69) is 18.0 Å². The maximum atomic E-state index is 12.5. The fraction of sp³-hybridized carbons (Fsp3) is 0.190. The van der Waals surface area contributed by atoms with Crippen molar-refractivity contribution < 1.29 is 4.74 Å². The standard InChI is InChI=1S/C21H18ClN3O2/c1-2-3-11-25-12-9-17(18(13-23)21(25)26)15-4-6-16(7-5-15)27-20-8-10-24-14-19(20)22/h4-10,12,14H,2-3,11H2,1H3. The van der Waals surface area contributed by atoms with Gasteiger partial charge in [-0.05, 0) is 30.2 Å². The van der Waals surface area contributed by atoms with Gasteiger partial charge in [0.15, 0.2) is 0 Å². The molecule has 0 radical (unpaired) electrons. The van der Waals surface area contributed by atoms with Crippen molar-refractivity contribution in [3.8, 4) is 28.7 Å². The second-order valence-electron chi connectivity index (χ2n) is 6.00. The molecule has 0 saturated carbocycles. The van der Waals surface area contributed by atoms with Gasteiger partial charge in [0.2, 0.25) is 0 Å².